The molecule has 0 atom stereocenters. The van der Waals surface area contributed by atoms with Gasteiger partial charge in [0, 0.05) is 24.4 Å². The Labute approximate surface area is 84.4 Å². The smallest absolute Gasteiger partial charge is 0.0445 e. The van der Waals surface area contributed by atoms with Gasteiger partial charge in [-0.2, -0.15) is 0 Å². The molecular weight excluding hydrogens is 170 g/mol. The molecule has 0 saturated heterocycles. The zero-order valence-corrected chi connectivity index (χ0v) is 8.11. The molecule has 1 nitrogen and oxygen atoms in total. The van der Waals surface area contributed by atoms with Crippen LogP contribution in [0.5, 0.6) is 0 Å². The van der Waals surface area contributed by atoms with Crippen LogP contribution < -0.4 is 0 Å². The van der Waals surface area contributed by atoms with Gasteiger partial charge < -0.3 is 4.90 Å². The first-order chi connectivity index (χ1) is 6.95. The van der Waals surface area contributed by atoms with Gasteiger partial charge in [-0.1, -0.05) is 36.4 Å². The van der Waals surface area contributed by atoms with Gasteiger partial charge in [-0.15, -0.1) is 0 Å². The summed E-state index contributed by atoms with van der Waals surface area (Å²) in [5.41, 5.74) is 4.31. The molecule has 0 fully saturated rings. The third kappa shape index (κ3) is 1.09. The monoisotopic (exact) mass is 183 g/mol. The number of rotatable bonds is 0. The van der Waals surface area contributed by atoms with Crippen molar-refractivity contribution in [2.45, 2.75) is 6.42 Å². The first-order valence-corrected chi connectivity index (χ1v) is 5.15. The molecule has 0 N–H and O–H groups in total. The minimum atomic E-state index is 1.07. The van der Waals surface area contributed by atoms with E-state index in [1.54, 1.807) is 0 Å². The molecule has 3 rings (SSSR count). The van der Waals surface area contributed by atoms with Gasteiger partial charge in [0.15, 0.2) is 0 Å². The Bertz CT molecular complexity index is 415. The van der Waals surface area contributed by atoms with Gasteiger partial charge in [-0.3, -0.25) is 0 Å². The number of fused-ring (bicyclic) bond motifs is 3. The molecule has 0 spiro atoms. The lowest BCUT2D eigenvalue weighted by molar-refractivity contribution is 0.426. The maximum absolute atomic E-state index is 2.45. The van der Waals surface area contributed by atoms with Crippen molar-refractivity contribution in [2.24, 2.45) is 0 Å². The molecule has 70 valence electrons. The Balaban J connectivity index is 2.15. The summed E-state index contributed by atoms with van der Waals surface area (Å²) in [5.74, 6) is 0. The standard InChI is InChI=1S/C13H13N/c1-2-6-12-11(5-1)8-10-14-9-4-3-7-13(12)14/h1-7H,8-10H2. The van der Waals surface area contributed by atoms with Crippen LogP contribution in [0.25, 0.3) is 5.70 Å². The molecule has 2 aliphatic heterocycles. The van der Waals surface area contributed by atoms with E-state index in [9.17, 15) is 0 Å². The van der Waals surface area contributed by atoms with Crippen molar-refractivity contribution < 1.29 is 0 Å². The van der Waals surface area contributed by atoms with Gasteiger partial charge in [0.05, 0.1) is 0 Å². The molecule has 0 radical (unpaired) electrons. The number of hydrogen-bond acceptors (Lipinski definition) is 1. The molecule has 1 heteroatoms. The minimum Gasteiger partial charge on any atom is -0.367 e. The number of allylic oxidation sites excluding steroid dienone is 2. The Morgan fingerprint density at radius 3 is 3.07 bits per heavy atom. The molecular formula is C13H13N. The van der Waals surface area contributed by atoms with Crippen LogP contribution in [0.15, 0.2) is 42.5 Å². The second kappa shape index (κ2) is 3.02. The molecule has 0 bridgehead atoms. The van der Waals surface area contributed by atoms with Crippen LogP contribution in [0.1, 0.15) is 11.1 Å². The van der Waals surface area contributed by atoms with Crippen molar-refractivity contribution in [1.82, 2.24) is 4.90 Å². The van der Waals surface area contributed by atoms with Gasteiger partial charge >= 0.3 is 0 Å². The van der Waals surface area contributed by atoms with Crippen molar-refractivity contribution in [1.29, 1.82) is 0 Å². The van der Waals surface area contributed by atoms with Crippen LogP contribution in [0.4, 0.5) is 0 Å². The summed E-state index contributed by atoms with van der Waals surface area (Å²) in [7, 11) is 0. The van der Waals surface area contributed by atoms with Crippen LogP contribution >= 0.6 is 0 Å². The second-order valence-corrected chi connectivity index (χ2v) is 3.83. The van der Waals surface area contributed by atoms with Gasteiger partial charge in [0.2, 0.25) is 0 Å². The van der Waals surface area contributed by atoms with E-state index in [1.807, 2.05) is 0 Å². The van der Waals surface area contributed by atoms with Crippen LogP contribution in [0.2, 0.25) is 0 Å². The quantitative estimate of drug-likeness (QED) is 0.597. The SMILES string of the molecule is C1=CCN2CCc3ccccc3C2=C1. The first kappa shape index (κ1) is 7.86. The summed E-state index contributed by atoms with van der Waals surface area (Å²) in [6.07, 6.45) is 7.79. The minimum absolute atomic E-state index is 1.07. The highest BCUT2D eigenvalue weighted by molar-refractivity contribution is 5.70. The lowest BCUT2D eigenvalue weighted by atomic mass is 9.95. The normalized spacial score (nSPS) is 18.6. The van der Waals surface area contributed by atoms with E-state index in [4.69, 9.17) is 0 Å². The summed E-state index contributed by atoms with van der Waals surface area (Å²) in [4.78, 5) is 2.45. The lowest BCUT2D eigenvalue weighted by Crippen LogP contribution is -2.30. The van der Waals surface area contributed by atoms with Gasteiger partial charge in [-0.25, -0.2) is 0 Å². The molecule has 1 aromatic carbocycles. The van der Waals surface area contributed by atoms with E-state index in [0.29, 0.717) is 0 Å². The summed E-state index contributed by atoms with van der Waals surface area (Å²) in [6.45, 7) is 2.23. The van der Waals surface area contributed by atoms with Crippen LogP contribution in [0.3, 0.4) is 0 Å². The van der Waals surface area contributed by atoms with Crippen molar-refractivity contribution in [3.05, 3.63) is 53.6 Å². The fourth-order valence-electron chi connectivity index (χ4n) is 2.27. The Hall–Kier alpha value is -1.50. The van der Waals surface area contributed by atoms with E-state index in [0.717, 1.165) is 13.1 Å². The third-order valence-corrected chi connectivity index (χ3v) is 3.00. The summed E-state index contributed by atoms with van der Waals surface area (Å²) < 4.78 is 0. The number of nitrogens with zero attached hydrogens (tertiary/aromatic N) is 1. The highest BCUT2D eigenvalue weighted by atomic mass is 15.1. The lowest BCUT2D eigenvalue weighted by Gasteiger charge is -2.33. The van der Waals surface area contributed by atoms with E-state index in [2.05, 4.69) is 47.4 Å². The van der Waals surface area contributed by atoms with Crippen LogP contribution in [0, 0.1) is 0 Å². The predicted molar refractivity (Wildman–Crippen MR) is 58.8 cm³/mol. The molecule has 0 amide bonds. The highest BCUT2D eigenvalue weighted by Gasteiger charge is 2.19. The molecule has 14 heavy (non-hydrogen) atoms. The second-order valence-electron chi connectivity index (χ2n) is 3.83. The molecule has 0 saturated carbocycles. The zero-order valence-electron chi connectivity index (χ0n) is 8.11. The summed E-state index contributed by atoms with van der Waals surface area (Å²) >= 11 is 0. The Morgan fingerprint density at radius 1 is 1.14 bits per heavy atom. The van der Waals surface area contributed by atoms with Gasteiger partial charge in [0.25, 0.3) is 0 Å². The summed E-state index contributed by atoms with van der Waals surface area (Å²) in [5, 5.41) is 0. The molecule has 0 aliphatic carbocycles. The molecule has 0 unspecified atom stereocenters. The van der Waals surface area contributed by atoms with E-state index < -0.39 is 0 Å². The largest absolute Gasteiger partial charge is 0.367 e. The highest BCUT2D eigenvalue weighted by Crippen LogP contribution is 2.29. The number of benzene rings is 1. The van der Waals surface area contributed by atoms with Gasteiger partial charge in [-0.05, 0) is 18.1 Å². The van der Waals surface area contributed by atoms with Crippen molar-refractivity contribution in [2.75, 3.05) is 13.1 Å². The topological polar surface area (TPSA) is 3.24 Å². The van der Waals surface area contributed by atoms with E-state index in [1.165, 1.54) is 23.2 Å². The van der Waals surface area contributed by atoms with E-state index >= 15 is 0 Å². The van der Waals surface area contributed by atoms with Crippen molar-refractivity contribution >= 4 is 5.70 Å². The Morgan fingerprint density at radius 2 is 2.07 bits per heavy atom. The third-order valence-electron chi connectivity index (χ3n) is 3.00. The maximum atomic E-state index is 2.45. The molecule has 1 aromatic rings. The summed E-state index contributed by atoms with van der Waals surface area (Å²) in [6, 6.07) is 8.73. The average molecular weight is 183 g/mol. The Kier molecular flexibility index (Phi) is 1.69. The van der Waals surface area contributed by atoms with Crippen molar-refractivity contribution in [3.8, 4) is 0 Å². The predicted octanol–water partition coefficient (Wildman–Crippen LogP) is 2.46. The van der Waals surface area contributed by atoms with E-state index in [-0.39, 0.29) is 0 Å². The number of hydrogen-bond donors (Lipinski definition) is 0. The fraction of sp³-hybridized carbons (Fsp3) is 0.231. The molecule has 2 aliphatic rings. The van der Waals surface area contributed by atoms with Crippen LogP contribution in [-0.2, 0) is 6.42 Å². The fourth-order valence-corrected chi connectivity index (χ4v) is 2.27. The van der Waals surface area contributed by atoms with Crippen LogP contribution in [-0.4, -0.2) is 18.0 Å². The zero-order chi connectivity index (χ0) is 9.38. The first-order valence-electron chi connectivity index (χ1n) is 5.15. The average Bonchev–Trinajstić information content (AvgIpc) is 2.29. The molecule has 2 heterocycles. The van der Waals surface area contributed by atoms with Crippen molar-refractivity contribution in [3.63, 3.8) is 0 Å². The maximum Gasteiger partial charge on any atom is 0.0445 e. The van der Waals surface area contributed by atoms with Gasteiger partial charge in [0.1, 0.15) is 0 Å². The molecule has 0 aromatic heterocycles.